The van der Waals surface area contributed by atoms with E-state index in [2.05, 4.69) is 19.2 Å². The molecule has 2 rings (SSSR count). The van der Waals surface area contributed by atoms with Crippen LogP contribution in [0.5, 0.6) is 0 Å². The average Bonchev–Trinajstić information content (AvgIpc) is 2.69. The number of carbonyl (C=O) groups excluding carboxylic acids is 3. The Morgan fingerprint density at radius 2 is 1.48 bits per heavy atom. The van der Waals surface area contributed by atoms with E-state index in [4.69, 9.17) is 4.74 Å². The van der Waals surface area contributed by atoms with Crippen LogP contribution in [0.3, 0.4) is 0 Å². The number of hydrogen-bond acceptors (Lipinski definition) is 4. The van der Waals surface area contributed by atoms with Gasteiger partial charge in [-0.1, -0.05) is 13.8 Å². The number of amides is 3. The van der Waals surface area contributed by atoms with Gasteiger partial charge in [-0.25, -0.2) is 4.79 Å². The van der Waals surface area contributed by atoms with Gasteiger partial charge < -0.3 is 19.9 Å². The van der Waals surface area contributed by atoms with Crippen molar-refractivity contribution in [3.8, 4) is 0 Å². The van der Waals surface area contributed by atoms with Crippen LogP contribution in [0, 0.1) is 11.8 Å². The normalized spacial score (nSPS) is 19.3. The molecule has 0 aromatic rings. The number of ether oxygens (including phenoxy) is 1. The van der Waals surface area contributed by atoms with E-state index in [-0.39, 0.29) is 35.8 Å². The Kier molecular flexibility index (Phi) is 8.38. The van der Waals surface area contributed by atoms with Crippen LogP contribution in [0.15, 0.2) is 0 Å². The minimum atomic E-state index is -0.267. The smallest absolute Gasteiger partial charge is 0.409 e. The Labute approximate surface area is 162 Å². The van der Waals surface area contributed by atoms with E-state index in [1.54, 1.807) is 11.8 Å². The molecule has 0 saturated carbocycles. The molecule has 0 aromatic carbocycles. The number of nitrogens with one attached hydrogen (secondary N) is 1. The first-order chi connectivity index (χ1) is 13.0. The molecule has 7 heteroatoms. The zero-order valence-electron chi connectivity index (χ0n) is 17.0. The van der Waals surface area contributed by atoms with E-state index >= 15 is 0 Å². The summed E-state index contributed by atoms with van der Waals surface area (Å²) in [6.07, 6.45) is 4.48. The van der Waals surface area contributed by atoms with E-state index < -0.39 is 0 Å². The third-order valence-corrected chi connectivity index (χ3v) is 5.88. The summed E-state index contributed by atoms with van der Waals surface area (Å²) in [5.74, 6) is 0.434. The molecule has 2 fully saturated rings. The summed E-state index contributed by atoms with van der Waals surface area (Å²) in [5.41, 5.74) is 0. The molecule has 0 aromatic heterocycles. The van der Waals surface area contributed by atoms with E-state index in [0.29, 0.717) is 32.8 Å². The topological polar surface area (TPSA) is 79.0 Å². The Bertz CT molecular complexity index is 505. The molecule has 2 heterocycles. The predicted molar refractivity (Wildman–Crippen MR) is 103 cm³/mol. The minimum Gasteiger partial charge on any atom is -0.450 e. The number of nitrogens with zero attached hydrogens (tertiary/aromatic N) is 2. The minimum absolute atomic E-state index is 0.0150. The molecule has 0 aliphatic carbocycles. The zero-order valence-corrected chi connectivity index (χ0v) is 17.0. The molecule has 1 N–H and O–H groups in total. The first-order valence-corrected chi connectivity index (χ1v) is 10.5. The Morgan fingerprint density at radius 1 is 0.926 bits per heavy atom. The highest BCUT2D eigenvalue weighted by Crippen LogP contribution is 2.22. The van der Waals surface area contributed by atoms with Crippen LogP contribution in [0.4, 0.5) is 4.79 Å². The van der Waals surface area contributed by atoms with Crippen molar-refractivity contribution in [2.24, 2.45) is 11.8 Å². The Morgan fingerprint density at radius 3 is 2.00 bits per heavy atom. The van der Waals surface area contributed by atoms with Gasteiger partial charge >= 0.3 is 6.09 Å². The lowest BCUT2D eigenvalue weighted by atomic mass is 9.93. The Balaban J connectivity index is 1.72. The fourth-order valence-corrected chi connectivity index (χ4v) is 4.00. The molecule has 7 nitrogen and oxygen atoms in total. The maximum absolute atomic E-state index is 12.6. The SMILES string of the molecule is CCOC(=O)N1CCC(NC(=O)C2CCN(C(=O)C(CC)CC)CC2)CC1. The fourth-order valence-electron chi connectivity index (χ4n) is 4.00. The van der Waals surface area contributed by atoms with Gasteiger partial charge in [0, 0.05) is 44.1 Å². The monoisotopic (exact) mass is 381 g/mol. The molecule has 154 valence electrons. The summed E-state index contributed by atoms with van der Waals surface area (Å²) < 4.78 is 5.02. The third-order valence-electron chi connectivity index (χ3n) is 5.88. The second-order valence-electron chi connectivity index (χ2n) is 7.58. The summed E-state index contributed by atoms with van der Waals surface area (Å²) in [6, 6.07) is 0.118. The van der Waals surface area contributed by atoms with Gasteiger partial charge in [0.25, 0.3) is 0 Å². The number of hydrogen-bond donors (Lipinski definition) is 1. The molecule has 0 spiro atoms. The van der Waals surface area contributed by atoms with Crippen LogP contribution in [-0.2, 0) is 14.3 Å². The van der Waals surface area contributed by atoms with E-state index in [1.165, 1.54) is 0 Å². The van der Waals surface area contributed by atoms with E-state index in [9.17, 15) is 14.4 Å². The number of rotatable bonds is 6. The van der Waals surface area contributed by atoms with Crippen LogP contribution in [0.2, 0.25) is 0 Å². The maximum atomic E-state index is 12.6. The van der Waals surface area contributed by atoms with Gasteiger partial charge in [-0.2, -0.15) is 0 Å². The fraction of sp³-hybridized carbons (Fsp3) is 0.850. The maximum Gasteiger partial charge on any atom is 0.409 e. The largest absolute Gasteiger partial charge is 0.450 e. The molecule has 0 unspecified atom stereocenters. The van der Waals surface area contributed by atoms with Gasteiger partial charge in [-0.15, -0.1) is 0 Å². The second kappa shape index (κ2) is 10.5. The number of likely N-dealkylation sites (tertiary alicyclic amines) is 2. The van der Waals surface area contributed by atoms with Crippen molar-refractivity contribution < 1.29 is 19.1 Å². The quantitative estimate of drug-likeness (QED) is 0.766. The summed E-state index contributed by atoms with van der Waals surface area (Å²) in [5, 5.41) is 3.15. The summed E-state index contributed by atoms with van der Waals surface area (Å²) in [6.45, 7) is 8.88. The highest BCUT2D eigenvalue weighted by Gasteiger charge is 2.31. The lowest BCUT2D eigenvalue weighted by Gasteiger charge is -2.35. The Hall–Kier alpha value is -1.79. The van der Waals surface area contributed by atoms with Gasteiger partial charge in [0.15, 0.2) is 0 Å². The van der Waals surface area contributed by atoms with Crippen molar-refractivity contribution in [3.63, 3.8) is 0 Å². The van der Waals surface area contributed by atoms with Crippen molar-refractivity contribution in [2.75, 3.05) is 32.8 Å². The van der Waals surface area contributed by atoms with Crippen LogP contribution >= 0.6 is 0 Å². The summed E-state index contributed by atoms with van der Waals surface area (Å²) in [4.78, 5) is 40.4. The molecule has 0 atom stereocenters. The van der Waals surface area contributed by atoms with Gasteiger partial charge in [0.1, 0.15) is 0 Å². The van der Waals surface area contributed by atoms with Crippen molar-refractivity contribution >= 4 is 17.9 Å². The highest BCUT2D eigenvalue weighted by molar-refractivity contribution is 5.81. The molecule has 2 aliphatic rings. The van der Waals surface area contributed by atoms with Crippen LogP contribution in [0.1, 0.15) is 59.3 Å². The lowest BCUT2D eigenvalue weighted by Crippen LogP contribution is -2.50. The molecule has 2 saturated heterocycles. The highest BCUT2D eigenvalue weighted by atomic mass is 16.6. The van der Waals surface area contributed by atoms with Crippen molar-refractivity contribution in [3.05, 3.63) is 0 Å². The van der Waals surface area contributed by atoms with Crippen LogP contribution in [0.25, 0.3) is 0 Å². The van der Waals surface area contributed by atoms with Crippen molar-refractivity contribution in [2.45, 2.75) is 65.3 Å². The number of piperidine rings is 2. The second-order valence-corrected chi connectivity index (χ2v) is 7.58. The van der Waals surface area contributed by atoms with Crippen LogP contribution in [-0.4, -0.2) is 66.5 Å². The molecule has 27 heavy (non-hydrogen) atoms. The number of carbonyl (C=O) groups is 3. The van der Waals surface area contributed by atoms with Crippen LogP contribution < -0.4 is 5.32 Å². The predicted octanol–water partition coefficient (Wildman–Crippen LogP) is 2.40. The third kappa shape index (κ3) is 5.84. The van der Waals surface area contributed by atoms with Crippen molar-refractivity contribution in [1.29, 1.82) is 0 Å². The molecule has 2 aliphatic heterocycles. The molecule has 3 amide bonds. The summed E-state index contributed by atoms with van der Waals surface area (Å²) in [7, 11) is 0. The van der Waals surface area contributed by atoms with Gasteiger partial charge in [0.05, 0.1) is 6.61 Å². The lowest BCUT2D eigenvalue weighted by molar-refractivity contribution is -0.139. The summed E-state index contributed by atoms with van der Waals surface area (Å²) >= 11 is 0. The first-order valence-electron chi connectivity index (χ1n) is 10.5. The van der Waals surface area contributed by atoms with Gasteiger partial charge in [0.2, 0.25) is 11.8 Å². The zero-order chi connectivity index (χ0) is 19.8. The molecule has 0 bridgehead atoms. The molecular weight excluding hydrogens is 346 g/mol. The molecule has 0 radical (unpaired) electrons. The van der Waals surface area contributed by atoms with Gasteiger partial charge in [-0.05, 0) is 45.4 Å². The standard InChI is InChI=1S/C20H35N3O4/c1-4-15(5-2)19(25)22-11-7-16(8-12-22)18(24)21-17-9-13-23(14-10-17)20(26)27-6-3/h15-17H,4-14H2,1-3H3,(H,21,24). The average molecular weight is 382 g/mol. The van der Waals surface area contributed by atoms with E-state index in [1.807, 2.05) is 4.90 Å². The molecular formula is C20H35N3O4. The van der Waals surface area contributed by atoms with Gasteiger partial charge in [-0.3, -0.25) is 9.59 Å². The van der Waals surface area contributed by atoms with Crippen molar-refractivity contribution in [1.82, 2.24) is 15.1 Å². The van der Waals surface area contributed by atoms with E-state index in [0.717, 1.165) is 38.5 Å². The first kappa shape index (κ1) is 21.5.